The van der Waals surface area contributed by atoms with Crippen molar-refractivity contribution in [2.75, 3.05) is 0 Å². The minimum absolute atomic E-state index is 0.0796. The highest BCUT2D eigenvalue weighted by molar-refractivity contribution is 7.88. The summed E-state index contributed by atoms with van der Waals surface area (Å²) in [7, 11) is -5.76. The van der Waals surface area contributed by atoms with Crippen LogP contribution >= 0.6 is 0 Å². The lowest BCUT2D eigenvalue weighted by molar-refractivity contribution is -0.0500. The number of aryl methyl sites for hydroxylation is 6. The van der Waals surface area contributed by atoms with Crippen molar-refractivity contribution in [3.63, 3.8) is 0 Å². The number of phenols is 1. The van der Waals surface area contributed by atoms with Gasteiger partial charge in [0.05, 0.1) is 11.2 Å². The van der Waals surface area contributed by atoms with E-state index in [1.165, 1.54) is 16.7 Å². The van der Waals surface area contributed by atoms with Gasteiger partial charge < -0.3 is 19.5 Å². The van der Waals surface area contributed by atoms with Crippen LogP contribution in [0.1, 0.15) is 174 Å². The first-order chi connectivity index (χ1) is 30.2. The Kier molecular flexibility index (Phi) is 18.6. The largest absolute Gasteiger partial charge is 0.534 e. The fourth-order valence-corrected chi connectivity index (χ4v) is 9.57. The average Bonchev–Trinajstić information content (AvgIpc) is 3.27. The molecular formula is C55H75F3O6S. The summed E-state index contributed by atoms with van der Waals surface area (Å²) in [6.07, 6.45) is 13.9. The van der Waals surface area contributed by atoms with Crippen LogP contribution in [-0.4, -0.2) is 40.4 Å². The molecule has 3 N–H and O–H groups in total. The summed E-state index contributed by atoms with van der Waals surface area (Å²) in [4.78, 5) is 0. The highest BCUT2D eigenvalue weighted by Gasteiger charge is 2.49. The van der Waals surface area contributed by atoms with Crippen molar-refractivity contribution in [1.29, 1.82) is 0 Å². The average molecular weight is 921 g/mol. The van der Waals surface area contributed by atoms with Crippen LogP contribution in [0.2, 0.25) is 0 Å². The predicted molar refractivity (Wildman–Crippen MR) is 263 cm³/mol. The summed E-state index contributed by atoms with van der Waals surface area (Å²) >= 11 is 0. The number of rotatable bonds is 18. The number of aromatic hydroxyl groups is 1. The molecule has 4 aromatic rings. The zero-order valence-electron chi connectivity index (χ0n) is 41.3. The summed E-state index contributed by atoms with van der Waals surface area (Å²) in [6, 6.07) is 20.6. The van der Waals surface area contributed by atoms with Gasteiger partial charge in [-0.3, -0.25) is 0 Å². The lowest BCUT2D eigenvalue weighted by atomic mass is 9.69. The molecule has 0 saturated carbocycles. The van der Waals surface area contributed by atoms with Crippen molar-refractivity contribution in [3.05, 3.63) is 140 Å². The normalized spacial score (nSPS) is 13.1. The van der Waals surface area contributed by atoms with E-state index in [2.05, 4.69) is 81.3 Å². The maximum absolute atomic E-state index is 12.9. The van der Waals surface area contributed by atoms with E-state index in [1.807, 2.05) is 78.8 Å². The van der Waals surface area contributed by atoms with Crippen LogP contribution < -0.4 is 4.18 Å². The maximum atomic E-state index is 12.9. The standard InChI is InChI=1S/C28H37F3O4S.C27H38O2/c1-8-26(32,9-2)15-14-22-12-13-23(16-19(22)5)27(10-3,11-4)24-17-20(6)25(21(7)18-24)35-36(33,34)28(29,30)31;1-8-26(29,9-2)15-14-22-12-13-23(16-19(22)5)27(10-3,11-4)24-17-20(6)25(28)21(7)18-24/h12-18,32H,8-11H2,1-7H3;12-18,28-29H,8-11H2,1-7H3/b2*15-14+. The number of alkyl halides is 3. The van der Waals surface area contributed by atoms with Gasteiger partial charge in [0, 0.05) is 10.8 Å². The number of aliphatic hydroxyl groups is 2. The molecule has 0 amide bonds. The molecule has 0 bridgehead atoms. The van der Waals surface area contributed by atoms with E-state index in [9.17, 15) is 36.9 Å². The molecule has 6 nitrogen and oxygen atoms in total. The van der Waals surface area contributed by atoms with Crippen LogP contribution in [0.4, 0.5) is 13.2 Å². The third kappa shape index (κ3) is 12.2. The van der Waals surface area contributed by atoms with Crippen LogP contribution in [-0.2, 0) is 20.9 Å². The monoisotopic (exact) mass is 921 g/mol. The van der Waals surface area contributed by atoms with E-state index in [1.54, 1.807) is 26.0 Å². The van der Waals surface area contributed by atoms with Gasteiger partial charge in [0.2, 0.25) is 0 Å². The van der Waals surface area contributed by atoms with Crippen LogP contribution in [0.3, 0.4) is 0 Å². The molecule has 0 fully saturated rings. The third-order valence-electron chi connectivity index (χ3n) is 14.2. The molecular weight excluding hydrogens is 846 g/mol. The third-order valence-corrected chi connectivity index (χ3v) is 15.1. The van der Waals surface area contributed by atoms with E-state index < -0.39 is 32.2 Å². The van der Waals surface area contributed by atoms with E-state index in [0.29, 0.717) is 42.6 Å². The molecule has 0 aliphatic carbocycles. The molecule has 358 valence electrons. The number of hydrogen-bond donors (Lipinski definition) is 3. The first-order valence-corrected chi connectivity index (χ1v) is 24.6. The quantitative estimate of drug-likeness (QED) is 0.0678. The van der Waals surface area contributed by atoms with Gasteiger partial charge >= 0.3 is 15.6 Å². The van der Waals surface area contributed by atoms with Gasteiger partial charge in [0.25, 0.3) is 0 Å². The molecule has 0 atom stereocenters. The highest BCUT2D eigenvalue weighted by Crippen LogP contribution is 2.44. The van der Waals surface area contributed by atoms with Crippen molar-refractivity contribution in [2.24, 2.45) is 0 Å². The minimum atomic E-state index is -5.76. The number of hydrogen-bond acceptors (Lipinski definition) is 6. The molecule has 0 aliphatic heterocycles. The molecule has 4 rings (SSSR count). The highest BCUT2D eigenvalue weighted by atomic mass is 32.2. The number of halogens is 3. The molecule has 0 heterocycles. The number of phenolic OH excluding ortho intramolecular Hbond substituents is 1. The topological polar surface area (TPSA) is 104 Å². The Labute approximate surface area is 388 Å². The van der Waals surface area contributed by atoms with Gasteiger partial charge in [0.15, 0.2) is 0 Å². The van der Waals surface area contributed by atoms with Gasteiger partial charge in [-0.15, -0.1) is 0 Å². The minimum Gasteiger partial charge on any atom is -0.507 e. The zero-order chi connectivity index (χ0) is 49.3. The van der Waals surface area contributed by atoms with Crippen molar-refractivity contribution >= 4 is 22.3 Å². The first-order valence-electron chi connectivity index (χ1n) is 23.2. The Morgan fingerprint density at radius 1 is 0.492 bits per heavy atom. The van der Waals surface area contributed by atoms with Crippen LogP contribution in [0.5, 0.6) is 11.5 Å². The second-order valence-corrected chi connectivity index (χ2v) is 19.4. The van der Waals surface area contributed by atoms with E-state index >= 15 is 0 Å². The molecule has 10 heteroatoms. The van der Waals surface area contributed by atoms with E-state index in [4.69, 9.17) is 0 Å². The summed E-state index contributed by atoms with van der Waals surface area (Å²) in [5.74, 6) is 0.0963. The SMILES string of the molecule is CCC(O)(/C=C/c1ccc(C(CC)(CC)c2cc(C)c(O)c(C)c2)cc1C)CC.CCC(O)(/C=C/c1ccc(C(CC)(CC)c2cc(C)c(OS(=O)(=O)C(F)(F)F)c(C)c2)cc1C)CC. The van der Waals surface area contributed by atoms with E-state index in [0.717, 1.165) is 64.6 Å². The first kappa shape index (κ1) is 55.0. The van der Waals surface area contributed by atoms with E-state index in [-0.39, 0.29) is 11.2 Å². The van der Waals surface area contributed by atoms with Crippen molar-refractivity contribution in [2.45, 2.75) is 176 Å². The molecule has 0 saturated heterocycles. The Hall–Kier alpha value is -4.38. The van der Waals surface area contributed by atoms with Gasteiger partial charge in [-0.05, 0) is 160 Å². The Balaban J connectivity index is 0.000000353. The fourth-order valence-electron chi connectivity index (χ4n) is 9.00. The second kappa shape index (κ2) is 21.9. The second-order valence-electron chi connectivity index (χ2n) is 17.9. The summed E-state index contributed by atoms with van der Waals surface area (Å²) in [5, 5.41) is 31.4. The zero-order valence-corrected chi connectivity index (χ0v) is 42.2. The smallest absolute Gasteiger partial charge is 0.507 e. The number of benzene rings is 4. The summed E-state index contributed by atoms with van der Waals surface area (Å²) in [6.45, 7) is 27.7. The van der Waals surface area contributed by atoms with Gasteiger partial charge in [0.1, 0.15) is 11.5 Å². The molecule has 0 aliphatic rings. The lowest BCUT2D eigenvalue weighted by Gasteiger charge is -2.34. The van der Waals surface area contributed by atoms with Crippen molar-refractivity contribution < 1.29 is 41.1 Å². The van der Waals surface area contributed by atoms with Crippen LogP contribution in [0.25, 0.3) is 12.2 Å². The maximum Gasteiger partial charge on any atom is 0.534 e. The van der Waals surface area contributed by atoms with Crippen molar-refractivity contribution in [3.8, 4) is 11.5 Å². The summed E-state index contributed by atoms with van der Waals surface area (Å²) in [5.41, 5.74) is 3.81. The predicted octanol–water partition coefficient (Wildman–Crippen LogP) is 14.5. The Morgan fingerprint density at radius 2 is 0.800 bits per heavy atom. The van der Waals surface area contributed by atoms with Crippen LogP contribution in [0.15, 0.2) is 72.8 Å². The molecule has 0 aromatic heterocycles. The van der Waals surface area contributed by atoms with Crippen molar-refractivity contribution in [1.82, 2.24) is 0 Å². The van der Waals surface area contributed by atoms with Gasteiger partial charge in [-0.25, -0.2) is 0 Å². The molecule has 0 radical (unpaired) electrons. The Morgan fingerprint density at radius 3 is 1.08 bits per heavy atom. The van der Waals surface area contributed by atoms with Gasteiger partial charge in [-0.1, -0.05) is 140 Å². The molecule has 0 spiro atoms. The molecule has 65 heavy (non-hydrogen) atoms. The van der Waals surface area contributed by atoms with Crippen LogP contribution in [0, 0.1) is 41.5 Å². The Bertz CT molecular complexity index is 2370. The fraction of sp³-hybridized carbons (Fsp3) is 0.491. The molecule has 4 aromatic carbocycles. The summed E-state index contributed by atoms with van der Waals surface area (Å²) < 4.78 is 66.3. The van der Waals surface area contributed by atoms with Gasteiger partial charge in [-0.2, -0.15) is 21.6 Å². The molecule has 0 unspecified atom stereocenters. The lowest BCUT2D eigenvalue weighted by Crippen LogP contribution is -2.29.